The first-order valence-electron chi connectivity index (χ1n) is 19.9. The van der Waals surface area contributed by atoms with Crippen molar-refractivity contribution in [2.75, 3.05) is 52.4 Å². The van der Waals surface area contributed by atoms with Crippen LogP contribution in [0.25, 0.3) is 0 Å². The second-order valence-corrected chi connectivity index (χ2v) is 16.4. The fourth-order valence-corrected chi connectivity index (χ4v) is 8.75. The number of nitrogens with one attached hydrogen (secondary N) is 1. The molecular weight excluding hydrogens is 818 g/mol. The molecule has 320 valence electrons. The van der Waals surface area contributed by atoms with Crippen LogP contribution in [0, 0.1) is 0 Å². The van der Waals surface area contributed by atoms with Gasteiger partial charge in [0.1, 0.15) is 12.4 Å². The van der Waals surface area contributed by atoms with Crippen LogP contribution in [0.2, 0.25) is 5.02 Å². The largest absolute Gasteiger partial charge is 0.489 e. The van der Waals surface area contributed by atoms with Crippen LogP contribution in [-0.2, 0) is 51.3 Å². The van der Waals surface area contributed by atoms with Gasteiger partial charge in [0.25, 0.3) is 5.91 Å². The summed E-state index contributed by atoms with van der Waals surface area (Å²) in [6.45, 7) is 6.62. The van der Waals surface area contributed by atoms with Crippen molar-refractivity contribution >= 4 is 52.9 Å². The van der Waals surface area contributed by atoms with Crippen LogP contribution in [0.5, 0.6) is 5.75 Å². The van der Waals surface area contributed by atoms with Gasteiger partial charge < -0.3 is 38.8 Å². The highest BCUT2D eigenvalue weighted by Crippen LogP contribution is 2.47. The van der Waals surface area contributed by atoms with Gasteiger partial charge in [0.15, 0.2) is 6.10 Å². The predicted molar refractivity (Wildman–Crippen MR) is 234 cm³/mol. The summed E-state index contributed by atoms with van der Waals surface area (Å²) >= 11 is 7.86. The Balaban J connectivity index is 1.11. The van der Waals surface area contributed by atoms with Crippen molar-refractivity contribution in [2.45, 2.75) is 56.2 Å². The first-order chi connectivity index (χ1) is 29.4. The SMILES string of the molecule is CCOC(=O)C1=C(COCc2ccc(COc3ccc([C@@H]4Sc5ccccc5N(CCN(C)C)C(=O)[C@@H]4OC(C)=O)cc3)cc2)NC(C)=C(C(=O)OC)C1c1cccc(Cl)c1. The number of thioether (sulfide) groups is 1. The van der Waals surface area contributed by atoms with Crippen LogP contribution in [0.1, 0.15) is 54.2 Å². The number of anilines is 1. The number of rotatable bonds is 16. The van der Waals surface area contributed by atoms with Gasteiger partial charge in [0.05, 0.1) is 60.6 Å². The van der Waals surface area contributed by atoms with Gasteiger partial charge in [-0.2, -0.15) is 0 Å². The number of carbonyl (C=O) groups is 4. The van der Waals surface area contributed by atoms with Gasteiger partial charge >= 0.3 is 17.9 Å². The van der Waals surface area contributed by atoms with E-state index in [0.29, 0.717) is 47.4 Å². The van der Waals surface area contributed by atoms with Crippen LogP contribution in [0.15, 0.2) is 124 Å². The zero-order chi connectivity index (χ0) is 43.6. The Morgan fingerprint density at radius 2 is 1.56 bits per heavy atom. The Hall–Kier alpha value is -5.60. The number of hydrogen-bond donors (Lipinski definition) is 1. The maximum atomic E-state index is 14.0. The lowest BCUT2D eigenvalue weighted by molar-refractivity contribution is -0.152. The van der Waals surface area contributed by atoms with Crippen LogP contribution in [0.3, 0.4) is 0 Å². The number of para-hydroxylation sites is 1. The molecule has 4 aromatic rings. The lowest BCUT2D eigenvalue weighted by atomic mass is 9.80. The minimum Gasteiger partial charge on any atom is -0.489 e. The third-order valence-electron chi connectivity index (χ3n) is 10.1. The molecular formula is C47H50ClN3O9S. The Kier molecular flexibility index (Phi) is 15.3. The molecule has 0 spiro atoms. The summed E-state index contributed by atoms with van der Waals surface area (Å²) in [5.41, 5.74) is 5.62. The summed E-state index contributed by atoms with van der Waals surface area (Å²) in [4.78, 5) is 57.5. The number of amides is 1. The van der Waals surface area contributed by atoms with E-state index in [4.69, 9.17) is 35.3 Å². The van der Waals surface area contributed by atoms with Crippen molar-refractivity contribution < 1.29 is 42.9 Å². The van der Waals surface area contributed by atoms with Crippen LogP contribution in [0.4, 0.5) is 5.69 Å². The van der Waals surface area contributed by atoms with Crippen LogP contribution in [-0.4, -0.2) is 82.3 Å². The summed E-state index contributed by atoms with van der Waals surface area (Å²) in [7, 11) is 5.20. The van der Waals surface area contributed by atoms with Gasteiger partial charge in [-0.3, -0.25) is 9.59 Å². The molecule has 61 heavy (non-hydrogen) atoms. The number of hydrogen-bond acceptors (Lipinski definition) is 12. The molecule has 0 aliphatic carbocycles. The molecule has 0 bridgehead atoms. The number of esters is 3. The minimum absolute atomic E-state index is 0.0359. The molecule has 3 atom stereocenters. The first kappa shape index (κ1) is 44.9. The molecule has 1 N–H and O–H groups in total. The van der Waals surface area contributed by atoms with Gasteiger partial charge in [-0.1, -0.05) is 72.3 Å². The number of carbonyl (C=O) groups excluding carboxylic acids is 4. The van der Waals surface area contributed by atoms with E-state index < -0.39 is 35.2 Å². The van der Waals surface area contributed by atoms with Crippen molar-refractivity contribution in [1.29, 1.82) is 0 Å². The minimum atomic E-state index is -1.02. The zero-order valence-corrected chi connectivity index (χ0v) is 36.6. The third-order valence-corrected chi connectivity index (χ3v) is 11.7. The number of ether oxygens (including phenoxy) is 5. The van der Waals surface area contributed by atoms with Gasteiger partial charge in [-0.05, 0) is 86.6 Å². The van der Waals surface area contributed by atoms with Crippen LogP contribution < -0.4 is 15.0 Å². The Labute approximate surface area is 365 Å². The van der Waals surface area contributed by atoms with E-state index in [-0.39, 0.29) is 36.9 Å². The van der Waals surface area contributed by atoms with Gasteiger partial charge in [-0.25, -0.2) is 9.59 Å². The Morgan fingerprint density at radius 3 is 2.21 bits per heavy atom. The van der Waals surface area contributed by atoms with Gasteiger partial charge in [0, 0.05) is 35.6 Å². The lowest BCUT2D eigenvalue weighted by Gasteiger charge is -2.31. The number of dihydropyridines is 1. The maximum absolute atomic E-state index is 14.0. The topological polar surface area (TPSA) is 133 Å². The first-order valence-corrected chi connectivity index (χ1v) is 21.1. The standard InChI is InChI=1S/C47H50ClN3O9S/c1-7-58-47(55)42-37(49-29(2)40(46(54)56-6)41(42)34-11-10-12-35(48)25-34)28-57-26-31-15-17-32(18-16-31)27-59-36-21-19-33(20-22-36)44-43(60-30(3)52)45(53)51(24-23-50(4)5)38-13-8-9-14-39(38)61-44/h8-22,25,41,43-44,49H,7,23-24,26-28H2,1-6H3/t41?,43-,44+/m1/s1. The molecule has 2 aliphatic heterocycles. The van der Waals surface area contributed by atoms with E-state index in [0.717, 1.165) is 27.3 Å². The van der Waals surface area contributed by atoms with Crippen molar-refractivity contribution in [3.63, 3.8) is 0 Å². The molecule has 6 rings (SSSR count). The normalized spacial score (nSPS) is 17.7. The van der Waals surface area contributed by atoms with E-state index in [9.17, 15) is 19.2 Å². The molecule has 0 saturated carbocycles. The van der Waals surface area contributed by atoms with Gasteiger partial charge in [-0.15, -0.1) is 11.8 Å². The molecule has 1 amide bonds. The highest BCUT2D eigenvalue weighted by Gasteiger charge is 2.41. The summed E-state index contributed by atoms with van der Waals surface area (Å²) in [5.74, 6) is -2.09. The summed E-state index contributed by atoms with van der Waals surface area (Å²) in [6.07, 6.45) is -1.02. The molecule has 14 heteroatoms. The van der Waals surface area contributed by atoms with Crippen molar-refractivity contribution in [2.24, 2.45) is 0 Å². The number of fused-ring (bicyclic) bond motifs is 1. The molecule has 0 radical (unpaired) electrons. The predicted octanol–water partition coefficient (Wildman–Crippen LogP) is 7.76. The van der Waals surface area contributed by atoms with Crippen molar-refractivity contribution in [3.05, 3.63) is 147 Å². The molecule has 0 aromatic heterocycles. The number of benzene rings is 4. The molecule has 4 aromatic carbocycles. The average molecular weight is 868 g/mol. The van der Waals surface area contributed by atoms with E-state index in [2.05, 4.69) is 5.32 Å². The summed E-state index contributed by atoms with van der Waals surface area (Å²) < 4.78 is 28.6. The zero-order valence-electron chi connectivity index (χ0n) is 35.1. The summed E-state index contributed by atoms with van der Waals surface area (Å²) in [5, 5.41) is 3.19. The molecule has 1 unspecified atom stereocenters. The molecule has 0 fully saturated rings. The number of allylic oxidation sites excluding steroid dienone is 1. The van der Waals surface area contributed by atoms with E-state index >= 15 is 0 Å². The Bertz CT molecular complexity index is 2300. The fraction of sp³-hybridized carbons (Fsp3) is 0.319. The van der Waals surface area contributed by atoms with Crippen LogP contribution >= 0.6 is 23.4 Å². The van der Waals surface area contributed by atoms with E-state index in [1.165, 1.54) is 25.8 Å². The highest BCUT2D eigenvalue weighted by molar-refractivity contribution is 7.99. The number of nitrogens with zero attached hydrogens (tertiary/aromatic N) is 2. The van der Waals surface area contributed by atoms with Gasteiger partial charge in [0.2, 0.25) is 0 Å². The molecule has 2 aliphatic rings. The lowest BCUT2D eigenvalue weighted by Crippen LogP contribution is -2.45. The molecule has 2 heterocycles. The number of halogens is 1. The molecule has 0 saturated heterocycles. The summed E-state index contributed by atoms with van der Waals surface area (Å²) in [6, 6.07) is 30.1. The third kappa shape index (κ3) is 11.0. The number of likely N-dealkylation sites (N-methyl/N-ethyl adjacent to an activating group) is 1. The monoisotopic (exact) mass is 867 g/mol. The van der Waals surface area contributed by atoms with Crippen molar-refractivity contribution in [3.8, 4) is 5.75 Å². The fourth-order valence-electron chi connectivity index (χ4n) is 7.23. The van der Waals surface area contributed by atoms with E-state index in [1.54, 1.807) is 43.0 Å². The Morgan fingerprint density at radius 1 is 0.852 bits per heavy atom. The van der Waals surface area contributed by atoms with Crippen molar-refractivity contribution in [1.82, 2.24) is 10.2 Å². The molecule has 12 nitrogen and oxygen atoms in total. The average Bonchev–Trinajstić information content (AvgIpc) is 3.35. The quantitative estimate of drug-likeness (QED) is 0.0872. The maximum Gasteiger partial charge on any atom is 0.336 e. The smallest absolute Gasteiger partial charge is 0.336 e. The second kappa shape index (κ2) is 20.8. The highest BCUT2D eigenvalue weighted by atomic mass is 35.5. The number of methoxy groups -OCH3 is 1. The van der Waals surface area contributed by atoms with E-state index in [1.807, 2.05) is 91.8 Å². The second-order valence-electron chi connectivity index (χ2n) is 14.8.